The van der Waals surface area contributed by atoms with Crippen molar-refractivity contribution in [3.05, 3.63) is 34.3 Å². The molecule has 1 aliphatic rings. The molecule has 0 saturated carbocycles. The number of rotatable bonds is 2. The lowest BCUT2D eigenvalue weighted by Crippen LogP contribution is -2.42. The van der Waals surface area contributed by atoms with Crippen molar-refractivity contribution in [3.8, 4) is 0 Å². The highest BCUT2D eigenvalue weighted by molar-refractivity contribution is 9.10. The molecular weight excluding hydrogens is 354 g/mol. The van der Waals surface area contributed by atoms with Crippen LogP contribution in [0.15, 0.2) is 28.7 Å². The van der Waals surface area contributed by atoms with Crippen molar-refractivity contribution in [1.29, 1.82) is 0 Å². The summed E-state index contributed by atoms with van der Waals surface area (Å²) < 4.78 is 6.56. The van der Waals surface area contributed by atoms with Crippen LogP contribution >= 0.6 is 15.9 Å². The number of hydrogen-bond acceptors (Lipinski definition) is 2. The van der Waals surface area contributed by atoms with Crippen LogP contribution in [0.5, 0.6) is 0 Å². The van der Waals surface area contributed by atoms with Crippen LogP contribution in [-0.4, -0.2) is 29.7 Å². The van der Waals surface area contributed by atoms with E-state index in [-0.39, 0.29) is 6.09 Å². The van der Waals surface area contributed by atoms with E-state index in [1.54, 1.807) is 0 Å². The van der Waals surface area contributed by atoms with Gasteiger partial charge in [0.15, 0.2) is 0 Å². The molecule has 4 heteroatoms. The molecule has 0 N–H and O–H groups in total. The maximum atomic E-state index is 12.0. The largest absolute Gasteiger partial charge is 0.444 e. The van der Waals surface area contributed by atoms with Gasteiger partial charge in [0.05, 0.1) is 0 Å². The number of likely N-dealkylation sites (tertiary alicyclic amines) is 1. The number of carbonyl (C=O) groups excluding carboxylic acids is 1. The number of benzene rings is 1. The molecule has 0 atom stereocenters. The zero-order valence-corrected chi connectivity index (χ0v) is 16.6. The Morgan fingerprint density at radius 1 is 1.26 bits per heavy atom. The average molecular weight is 384 g/mol. The van der Waals surface area contributed by atoms with E-state index in [9.17, 15) is 4.79 Å². The van der Waals surface area contributed by atoms with E-state index >= 15 is 0 Å². The number of hydrogen-bond donors (Lipinski definition) is 0. The highest BCUT2D eigenvalue weighted by atomic mass is 79.9. The van der Waals surface area contributed by atoms with E-state index in [1.807, 2.05) is 39.5 Å². The molecule has 0 aliphatic carbocycles. The third kappa shape index (κ3) is 7.38. The predicted molar refractivity (Wildman–Crippen MR) is 99.7 cm³/mol. The van der Waals surface area contributed by atoms with E-state index in [1.165, 1.54) is 5.56 Å². The lowest BCUT2D eigenvalue weighted by molar-refractivity contribution is 0.0184. The SMILES string of the molecule is CC.CC(C)(C)OC(=O)N1CCC(Cc2cccc(Br)c2)CC1. The average Bonchev–Trinajstić information content (AvgIpc) is 2.48. The minimum absolute atomic E-state index is 0.177. The minimum atomic E-state index is -0.412. The van der Waals surface area contributed by atoms with Gasteiger partial charge in [0, 0.05) is 17.6 Å². The third-order valence-corrected chi connectivity index (χ3v) is 4.17. The molecule has 130 valence electrons. The summed E-state index contributed by atoms with van der Waals surface area (Å²) in [6.07, 6.45) is 3.00. The third-order valence-electron chi connectivity index (χ3n) is 3.68. The molecule has 0 unspecified atom stereocenters. The van der Waals surface area contributed by atoms with Gasteiger partial charge in [-0.05, 0) is 63.6 Å². The Balaban J connectivity index is 0.00000127. The lowest BCUT2D eigenvalue weighted by atomic mass is 9.90. The number of amides is 1. The number of carbonyl (C=O) groups is 1. The van der Waals surface area contributed by atoms with Gasteiger partial charge in [-0.2, -0.15) is 0 Å². The van der Waals surface area contributed by atoms with Gasteiger partial charge in [0.2, 0.25) is 0 Å². The van der Waals surface area contributed by atoms with E-state index in [0.29, 0.717) is 5.92 Å². The summed E-state index contributed by atoms with van der Waals surface area (Å²) in [6, 6.07) is 8.48. The molecule has 1 heterocycles. The first-order valence-corrected chi connectivity index (χ1v) is 9.35. The Morgan fingerprint density at radius 2 is 1.87 bits per heavy atom. The van der Waals surface area contributed by atoms with Crippen molar-refractivity contribution in [2.45, 2.75) is 59.5 Å². The topological polar surface area (TPSA) is 29.5 Å². The second-order valence-corrected chi connectivity index (χ2v) is 7.66. The van der Waals surface area contributed by atoms with Crippen LogP contribution in [-0.2, 0) is 11.2 Å². The molecule has 2 rings (SSSR count). The molecule has 23 heavy (non-hydrogen) atoms. The second kappa shape index (κ2) is 9.31. The molecule has 0 spiro atoms. The van der Waals surface area contributed by atoms with E-state index in [2.05, 4.69) is 40.2 Å². The first kappa shape index (κ1) is 20.0. The number of ether oxygens (including phenoxy) is 1. The highest BCUT2D eigenvalue weighted by Crippen LogP contribution is 2.24. The van der Waals surface area contributed by atoms with Crippen molar-refractivity contribution in [3.63, 3.8) is 0 Å². The normalized spacial score (nSPS) is 15.7. The molecule has 1 aromatic carbocycles. The summed E-state index contributed by atoms with van der Waals surface area (Å²) in [6.45, 7) is 11.3. The molecule has 1 amide bonds. The first-order chi connectivity index (χ1) is 10.8. The summed E-state index contributed by atoms with van der Waals surface area (Å²) >= 11 is 3.51. The quantitative estimate of drug-likeness (QED) is 0.658. The van der Waals surface area contributed by atoms with Gasteiger partial charge in [-0.25, -0.2) is 4.79 Å². The van der Waals surface area contributed by atoms with Crippen LogP contribution < -0.4 is 0 Å². The van der Waals surface area contributed by atoms with Crippen molar-refractivity contribution in [2.75, 3.05) is 13.1 Å². The summed E-state index contributed by atoms with van der Waals surface area (Å²) in [5.74, 6) is 0.651. The van der Waals surface area contributed by atoms with Gasteiger partial charge in [-0.1, -0.05) is 41.9 Å². The summed E-state index contributed by atoms with van der Waals surface area (Å²) in [4.78, 5) is 13.9. The lowest BCUT2D eigenvalue weighted by Gasteiger charge is -2.33. The summed E-state index contributed by atoms with van der Waals surface area (Å²) in [5.41, 5.74) is 0.949. The van der Waals surface area contributed by atoms with Crippen LogP contribution in [0.2, 0.25) is 0 Å². The van der Waals surface area contributed by atoms with Crippen LogP contribution in [0.4, 0.5) is 4.79 Å². The fourth-order valence-electron chi connectivity index (χ4n) is 2.64. The van der Waals surface area contributed by atoms with E-state index in [4.69, 9.17) is 4.74 Å². The summed E-state index contributed by atoms with van der Waals surface area (Å²) in [7, 11) is 0. The minimum Gasteiger partial charge on any atom is -0.444 e. The predicted octanol–water partition coefficient (Wildman–Crippen LogP) is 5.66. The highest BCUT2D eigenvalue weighted by Gasteiger charge is 2.26. The monoisotopic (exact) mass is 383 g/mol. The standard InChI is InChI=1S/C17H24BrNO2.C2H6/c1-17(2,3)21-16(20)19-9-7-13(8-10-19)11-14-5-4-6-15(18)12-14;1-2/h4-6,12-13H,7-11H2,1-3H3;1-2H3. The van der Waals surface area contributed by atoms with Gasteiger partial charge < -0.3 is 9.64 Å². The maximum absolute atomic E-state index is 12.0. The maximum Gasteiger partial charge on any atom is 0.410 e. The van der Waals surface area contributed by atoms with Gasteiger partial charge >= 0.3 is 6.09 Å². The molecule has 1 fully saturated rings. The van der Waals surface area contributed by atoms with E-state index in [0.717, 1.165) is 36.8 Å². The zero-order chi connectivity index (χ0) is 17.5. The Morgan fingerprint density at radius 3 is 2.39 bits per heavy atom. The van der Waals surface area contributed by atoms with Crippen molar-refractivity contribution in [1.82, 2.24) is 4.90 Å². The van der Waals surface area contributed by atoms with Gasteiger partial charge in [0.25, 0.3) is 0 Å². The second-order valence-electron chi connectivity index (χ2n) is 6.74. The molecule has 0 radical (unpaired) electrons. The van der Waals surface area contributed by atoms with Crippen LogP contribution in [0.1, 0.15) is 53.0 Å². The smallest absolute Gasteiger partial charge is 0.410 e. The molecule has 1 aliphatic heterocycles. The Kier molecular flexibility index (Phi) is 8.10. The van der Waals surface area contributed by atoms with Crippen LogP contribution in [0.25, 0.3) is 0 Å². The molecule has 0 aromatic heterocycles. The Bertz CT molecular complexity index is 488. The Hall–Kier alpha value is -1.03. The molecule has 1 aromatic rings. The fourth-order valence-corrected chi connectivity index (χ4v) is 3.09. The van der Waals surface area contributed by atoms with Crippen LogP contribution in [0.3, 0.4) is 0 Å². The van der Waals surface area contributed by atoms with Gasteiger partial charge in [-0.3, -0.25) is 0 Å². The summed E-state index contributed by atoms with van der Waals surface area (Å²) in [5, 5.41) is 0. The number of halogens is 1. The van der Waals surface area contributed by atoms with Crippen LogP contribution in [0, 0.1) is 5.92 Å². The molecular formula is C19H30BrNO2. The molecule has 1 saturated heterocycles. The van der Waals surface area contributed by atoms with Gasteiger partial charge in [-0.15, -0.1) is 0 Å². The number of piperidine rings is 1. The Labute approximate surface area is 149 Å². The first-order valence-electron chi connectivity index (χ1n) is 8.56. The van der Waals surface area contributed by atoms with Gasteiger partial charge in [0.1, 0.15) is 5.60 Å². The van der Waals surface area contributed by atoms with Crippen molar-refractivity contribution < 1.29 is 9.53 Å². The van der Waals surface area contributed by atoms with E-state index < -0.39 is 5.60 Å². The fraction of sp³-hybridized carbons (Fsp3) is 0.632. The molecule has 0 bridgehead atoms. The van der Waals surface area contributed by atoms with Crippen molar-refractivity contribution >= 4 is 22.0 Å². The molecule has 3 nitrogen and oxygen atoms in total. The number of nitrogens with zero attached hydrogens (tertiary/aromatic N) is 1. The van der Waals surface area contributed by atoms with Crippen molar-refractivity contribution in [2.24, 2.45) is 5.92 Å². The zero-order valence-electron chi connectivity index (χ0n) is 15.1.